The number of anilines is 1. The third-order valence-electron chi connectivity index (χ3n) is 5.33. The highest BCUT2D eigenvalue weighted by atomic mass is 35.5. The van der Waals surface area contributed by atoms with Crippen molar-refractivity contribution >= 4 is 45.7 Å². The fourth-order valence-corrected chi connectivity index (χ4v) is 3.69. The maximum atomic E-state index is 12.8. The Labute approximate surface area is 197 Å². The molecule has 2 heterocycles. The lowest BCUT2D eigenvalue weighted by atomic mass is 10.1. The van der Waals surface area contributed by atoms with Gasteiger partial charge in [0.2, 0.25) is 0 Å². The number of halogens is 1. The molecular weight excluding hydrogens is 434 g/mol. The van der Waals surface area contributed by atoms with E-state index < -0.39 is 0 Å². The molecule has 0 saturated carbocycles. The second-order valence-corrected chi connectivity index (χ2v) is 7.65. The highest BCUT2D eigenvalue weighted by Crippen LogP contribution is 2.22. The van der Waals surface area contributed by atoms with E-state index in [2.05, 4.69) is 21.4 Å². The Morgan fingerprint density at radius 2 is 1.79 bits per heavy atom. The third-order valence-corrected chi connectivity index (χ3v) is 5.33. The molecule has 0 bridgehead atoms. The van der Waals surface area contributed by atoms with Crippen LogP contribution in [0.4, 0.5) is 5.69 Å². The molecule has 5 nitrogen and oxygen atoms in total. The van der Waals surface area contributed by atoms with E-state index in [-0.39, 0.29) is 18.3 Å². The number of aromatic nitrogens is 2. The first-order chi connectivity index (χ1) is 15.7. The second kappa shape index (κ2) is 9.67. The first kappa shape index (κ1) is 22.2. The van der Waals surface area contributed by atoms with E-state index in [9.17, 15) is 4.79 Å². The van der Waals surface area contributed by atoms with Crippen molar-refractivity contribution in [2.75, 3.05) is 5.32 Å². The van der Waals surface area contributed by atoms with Crippen molar-refractivity contribution in [3.63, 3.8) is 0 Å². The summed E-state index contributed by atoms with van der Waals surface area (Å²) < 4.78 is 5.98. The summed E-state index contributed by atoms with van der Waals surface area (Å²) in [5.41, 5.74) is 4.12. The van der Waals surface area contributed by atoms with Crippen molar-refractivity contribution in [3.8, 4) is 5.75 Å². The van der Waals surface area contributed by atoms with E-state index in [1.165, 1.54) is 0 Å². The summed E-state index contributed by atoms with van der Waals surface area (Å²) in [5.74, 6) is 0.436. The lowest BCUT2D eigenvalue weighted by molar-refractivity contribution is 0.102. The second-order valence-electron chi connectivity index (χ2n) is 7.65. The molecule has 5 aromatic rings. The van der Waals surface area contributed by atoms with Crippen LogP contribution in [-0.2, 0) is 6.61 Å². The molecule has 0 spiro atoms. The van der Waals surface area contributed by atoms with Gasteiger partial charge < -0.3 is 10.1 Å². The van der Waals surface area contributed by atoms with E-state index in [0.717, 1.165) is 38.6 Å². The van der Waals surface area contributed by atoms with Gasteiger partial charge in [-0.2, -0.15) is 0 Å². The van der Waals surface area contributed by atoms with E-state index in [1.54, 1.807) is 12.1 Å². The summed E-state index contributed by atoms with van der Waals surface area (Å²) in [4.78, 5) is 21.6. The van der Waals surface area contributed by atoms with Crippen molar-refractivity contribution in [1.29, 1.82) is 0 Å². The van der Waals surface area contributed by atoms with Gasteiger partial charge in [-0.1, -0.05) is 36.4 Å². The van der Waals surface area contributed by atoms with E-state index in [1.807, 2.05) is 80.0 Å². The quantitative estimate of drug-likeness (QED) is 0.335. The van der Waals surface area contributed by atoms with Gasteiger partial charge in [-0.05, 0) is 54.8 Å². The number of hydrogen-bond acceptors (Lipinski definition) is 4. The average Bonchev–Trinajstić information content (AvgIpc) is 2.83. The third kappa shape index (κ3) is 4.94. The van der Waals surface area contributed by atoms with Gasteiger partial charge in [0.25, 0.3) is 5.91 Å². The van der Waals surface area contributed by atoms with Gasteiger partial charge in [-0.25, -0.2) is 0 Å². The molecule has 0 radical (unpaired) electrons. The molecule has 3 aromatic carbocycles. The minimum absolute atomic E-state index is 0. The molecule has 6 heteroatoms. The van der Waals surface area contributed by atoms with Crippen molar-refractivity contribution in [2.45, 2.75) is 13.5 Å². The average molecular weight is 456 g/mol. The van der Waals surface area contributed by atoms with Gasteiger partial charge >= 0.3 is 0 Å². The molecule has 0 fully saturated rings. The van der Waals surface area contributed by atoms with Gasteiger partial charge in [0.05, 0.1) is 5.52 Å². The number of carbonyl (C=O) groups is 1. The van der Waals surface area contributed by atoms with Crippen LogP contribution in [-0.4, -0.2) is 15.9 Å². The normalized spacial score (nSPS) is 10.6. The van der Waals surface area contributed by atoms with Gasteiger partial charge in [0.1, 0.15) is 12.4 Å². The van der Waals surface area contributed by atoms with Crippen molar-refractivity contribution < 1.29 is 9.53 Å². The molecule has 164 valence electrons. The van der Waals surface area contributed by atoms with Crippen LogP contribution in [0.25, 0.3) is 21.7 Å². The fourth-order valence-electron chi connectivity index (χ4n) is 3.69. The highest BCUT2D eigenvalue weighted by molar-refractivity contribution is 6.05. The molecule has 1 N–H and O–H groups in total. The van der Waals surface area contributed by atoms with Gasteiger partial charge in [0.15, 0.2) is 0 Å². The number of aryl methyl sites for hydroxylation is 1. The largest absolute Gasteiger partial charge is 0.489 e. The summed E-state index contributed by atoms with van der Waals surface area (Å²) in [5, 5.41) is 6.12. The Morgan fingerprint density at radius 1 is 0.909 bits per heavy atom. The molecule has 0 unspecified atom stereocenters. The smallest absolute Gasteiger partial charge is 0.255 e. The minimum Gasteiger partial charge on any atom is -0.489 e. The lowest BCUT2D eigenvalue weighted by Gasteiger charge is -2.11. The van der Waals surface area contributed by atoms with E-state index in [4.69, 9.17) is 4.74 Å². The number of amides is 1. The summed E-state index contributed by atoms with van der Waals surface area (Å²) in [6, 6.07) is 24.9. The zero-order valence-electron chi connectivity index (χ0n) is 18.0. The van der Waals surface area contributed by atoms with Crippen LogP contribution in [0, 0.1) is 6.92 Å². The summed E-state index contributed by atoms with van der Waals surface area (Å²) in [6.07, 6.45) is 3.66. The molecule has 0 aliphatic carbocycles. The number of hydrogen-bond donors (Lipinski definition) is 1. The fraction of sp³-hybridized carbons (Fsp3) is 0.0741. The minimum atomic E-state index is -0.193. The van der Waals surface area contributed by atoms with Crippen LogP contribution in [0.15, 0.2) is 91.3 Å². The lowest BCUT2D eigenvalue weighted by Crippen LogP contribution is -2.12. The topological polar surface area (TPSA) is 64.1 Å². The molecule has 33 heavy (non-hydrogen) atoms. The number of nitrogens with one attached hydrogen (secondary N) is 1. The maximum Gasteiger partial charge on any atom is 0.255 e. The van der Waals surface area contributed by atoms with E-state index >= 15 is 0 Å². The molecule has 0 saturated heterocycles. The van der Waals surface area contributed by atoms with Crippen LogP contribution in [0.3, 0.4) is 0 Å². The highest BCUT2D eigenvalue weighted by Gasteiger charge is 2.09. The Balaban J connectivity index is 0.00000259. The van der Waals surface area contributed by atoms with Crippen LogP contribution >= 0.6 is 12.4 Å². The van der Waals surface area contributed by atoms with Crippen LogP contribution in [0.5, 0.6) is 5.75 Å². The number of carbonyl (C=O) groups excluding carboxylic acids is 1. The predicted octanol–water partition coefficient (Wildman–Crippen LogP) is 6.34. The molecule has 0 atom stereocenters. The first-order valence-corrected chi connectivity index (χ1v) is 10.4. The Kier molecular flexibility index (Phi) is 6.52. The molecule has 0 aliphatic heterocycles. The van der Waals surface area contributed by atoms with Crippen molar-refractivity contribution in [1.82, 2.24) is 9.97 Å². The van der Waals surface area contributed by atoms with Crippen molar-refractivity contribution in [3.05, 3.63) is 108 Å². The predicted molar refractivity (Wildman–Crippen MR) is 134 cm³/mol. The number of rotatable bonds is 5. The molecule has 2 aromatic heterocycles. The number of fused-ring (bicyclic) bond motifs is 2. The summed E-state index contributed by atoms with van der Waals surface area (Å²) >= 11 is 0. The van der Waals surface area contributed by atoms with Crippen LogP contribution < -0.4 is 10.1 Å². The Hall–Kier alpha value is -3.96. The standard InChI is InChI=1S/C27H21N3O2.ClH/c1-18-9-10-19-13-23(11-12-26(19)29-18)30-27(31)20-6-4-7-24(14-20)32-17-22-16-28-15-21-5-2-3-8-25(21)22;/h2-16H,17H2,1H3,(H,30,31);1H. The van der Waals surface area contributed by atoms with Gasteiger partial charge in [0, 0.05) is 45.7 Å². The number of ether oxygens (including phenoxy) is 1. The van der Waals surface area contributed by atoms with Crippen molar-refractivity contribution in [2.24, 2.45) is 0 Å². The maximum absolute atomic E-state index is 12.8. The number of benzene rings is 3. The molecular formula is C27H22ClN3O2. The SMILES string of the molecule is Cc1ccc2cc(NC(=O)c3cccc(OCc4cncc5ccccc45)c3)ccc2n1.Cl. The molecule has 1 amide bonds. The Bertz CT molecular complexity index is 1450. The van der Waals surface area contributed by atoms with Gasteiger partial charge in [-0.3, -0.25) is 14.8 Å². The summed E-state index contributed by atoms with van der Waals surface area (Å²) in [6.45, 7) is 2.33. The monoisotopic (exact) mass is 455 g/mol. The zero-order valence-corrected chi connectivity index (χ0v) is 18.8. The zero-order chi connectivity index (χ0) is 21.9. The Morgan fingerprint density at radius 3 is 2.70 bits per heavy atom. The molecule has 5 rings (SSSR count). The van der Waals surface area contributed by atoms with E-state index in [0.29, 0.717) is 17.9 Å². The van der Waals surface area contributed by atoms with Crippen LogP contribution in [0.1, 0.15) is 21.6 Å². The number of nitrogens with zero attached hydrogens (tertiary/aromatic N) is 2. The number of pyridine rings is 2. The first-order valence-electron chi connectivity index (χ1n) is 10.4. The summed E-state index contributed by atoms with van der Waals surface area (Å²) in [7, 11) is 0. The van der Waals surface area contributed by atoms with Gasteiger partial charge in [-0.15, -0.1) is 12.4 Å². The van der Waals surface area contributed by atoms with Crippen LogP contribution in [0.2, 0.25) is 0 Å². The molecule has 0 aliphatic rings.